The van der Waals surface area contributed by atoms with Gasteiger partial charge >= 0.3 is 0 Å². The molecule has 2 nitrogen and oxygen atoms in total. The van der Waals surface area contributed by atoms with Crippen molar-refractivity contribution in [2.45, 2.75) is 44.2 Å². The van der Waals surface area contributed by atoms with Gasteiger partial charge in [0.1, 0.15) is 0 Å². The molecule has 100 valence electrons. The maximum absolute atomic E-state index is 2.55. The summed E-state index contributed by atoms with van der Waals surface area (Å²) in [6, 6.07) is 8.07. The van der Waals surface area contributed by atoms with E-state index in [0.29, 0.717) is 12.1 Å². The molecular weight excluding hydrogens is 232 g/mol. The van der Waals surface area contributed by atoms with Crippen LogP contribution in [0.1, 0.15) is 42.9 Å². The molecule has 2 heteroatoms. The van der Waals surface area contributed by atoms with Crippen molar-refractivity contribution in [2.24, 2.45) is 0 Å². The minimum absolute atomic E-state index is 0.569. The predicted molar refractivity (Wildman–Crippen MR) is 79.8 cm³/mol. The van der Waals surface area contributed by atoms with Crippen LogP contribution >= 0.6 is 0 Å². The number of rotatable bonds is 2. The maximum atomic E-state index is 2.55. The third kappa shape index (κ3) is 1.59. The molecule has 2 heterocycles. The first kappa shape index (κ1) is 11.5. The summed E-state index contributed by atoms with van der Waals surface area (Å²) in [5.74, 6) is 0.835. The zero-order valence-corrected chi connectivity index (χ0v) is 12.1. The second kappa shape index (κ2) is 3.86. The third-order valence-corrected chi connectivity index (χ3v) is 5.07. The topological polar surface area (TPSA) is 8.17 Å². The van der Waals surface area contributed by atoms with Gasteiger partial charge in [0.05, 0.1) is 5.52 Å². The van der Waals surface area contributed by atoms with Crippen molar-refractivity contribution in [2.75, 3.05) is 14.1 Å². The van der Waals surface area contributed by atoms with Crippen molar-refractivity contribution in [1.82, 2.24) is 9.47 Å². The summed E-state index contributed by atoms with van der Waals surface area (Å²) in [6.07, 6.45) is 6.40. The van der Waals surface area contributed by atoms with Crippen LogP contribution in [0.2, 0.25) is 0 Å². The first-order chi connectivity index (χ1) is 9.16. The van der Waals surface area contributed by atoms with Crippen molar-refractivity contribution in [1.29, 1.82) is 0 Å². The van der Waals surface area contributed by atoms with Gasteiger partial charge in [-0.15, -0.1) is 0 Å². The van der Waals surface area contributed by atoms with Gasteiger partial charge in [0, 0.05) is 23.7 Å². The highest BCUT2D eigenvalue weighted by atomic mass is 15.2. The van der Waals surface area contributed by atoms with Gasteiger partial charge in [0.25, 0.3) is 0 Å². The zero-order chi connectivity index (χ0) is 13.1. The van der Waals surface area contributed by atoms with Crippen LogP contribution in [-0.2, 0) is 6.42 Å². The Morgan fingerprint density at radius 3 is 2.68 bits per heavy atom. The van der Waals surface area contributed by atoms with E-state index in [1.54, 1.807) is 5.56 Å². The second-order valence-electron chi connectivity index (χ2n) is 6.55. The Bertz CT molecular complexity index is 634. The van der Waals surface area contributed by atoms with E-state index >= 15 is 0 Å². The quantitative estimate of drug-likeness (QED) is 0.795. The van der Waals surface area contributed by atoms with Crippen LogP contribution in [0.25, 0.3) is 10.9 Å². The summed E-state index contributed by atoms with van der Waals surface area (Å²) in [5.41, 5.74) is 4.64. The molecule has 1 fully saturated rings. The minimum Gasteiger partial charge on any atom is -0.343 e. The molecule has 19 heavy (non-hydrogen) atoms. The summed E-state index contributed by atoms with van der Waals surface area (Å²) in [7, 11) is 4.41. The van der Waals surface area contributed by atoms with Crippen LogP contribution in [0.4, 0.5) is 0 Å². The summed E-state index contributed by atoms with van der Waals surface area (Å²) in [4.78, 5) is 2.38. The summed E-state index contributed by atoms with van der Waals surface area (Å²) in [6.45, 7) is 2.37. The molecule has 0 radical (unpaired) electrons. The fourth-order valence-corrected chi connectivity index (χ4v) is 3.81. The number of para-hydroxylation sites is 1. The van der Waals surface area contributed by atoms with Crippen LogP contribution in [0.3, 0.4) is 0 Å². The molecule has 1 aromatic carbocycles. The van der Waals surface area contributed by atoms with Gasteiger partial charge in [-0.2, -0.15) is 0 Å². The highest BCUT2D eigenvalue weighted by Gasteiger charge is 2.33. The number of hydrogen-bond donors (Lipinski definition) is 0. The van der Waals surface area contributed by atoms with Gasteiger partial charge in [-0.1, -0.05) is 18.2 Å². The van der Waals surface area contributed by atoms with Crippen molar-refractivity contribution in [3.63, 3.8) is 0 Å². The lowest BCUT2D eigenvalue weighted by Gasteiger charge is -2.35. The fourth-order valence-electron chi connectivity index (χ4n) is 3.81. The van der Waals surface area contributed by atoms with Crippen LogP contribution < -0.4 is 0 Å². The Hall–Kier alpha value is -1.28. The van der Waals surface area contributed by atoms with E-state index < -0.39 is 0 Å². The summed E-state index contributed by atoms with van der Waals surface area (Å²) in [5, 5.41) is 1.52. The molecule has 2 aliphatic rings. The van der Waals surface area contributed by atoms with E-state index in [1.807, 2.05) is 0 Å². The van der Waals surface area contributed by atoms with Crippen LogP contribution in [0.15, 0.2) is 24.4 Å². The number of benzene rings is 1. The largest absolute Gasteiger partial charge is 0.343 e. The molecule has 0 saturated heterocycles. The number of hydrogen-bond acceptors (Lipinski definition) is 1. The zero-order valence-electron chi connectivity index (χ0n) is 12.1. The lowest BCUT2D eigenvalue weighted by Crippen LogP contribution is -2.39. The van der Waals surface area contributed by atoms with E-state index in [0.717, 1.165) is 5.92 Å². The second-order valence-corrected chi connectivity index (χ2v) is 6.55. The molecular formula is C17H22N2. The Labute approximate surface area is 115 Å². The molecule has 1 aliphatic carbocycles. The van der Waals surface area contributed by atoms with Crippen molar-refractivity contribution in [3.8, 4) is 0 Å². The third-order valence-electron chi connectivity index (χ3n) is 5.07. The lowest BCUT2D eigenvalue weighted by atomic mass is 9.93. The minimum atomic E-state index is 0.569. The van der Waals surface area contributed by atoms with Crippen LogP contribution in [0, 0.1) is 0 Å². The van der Waals surface area contributed by atoms with E-state index in [2.05, 4.69) is 54.9 Å². The Morgan fingerprint density at radius 1 is 1.21 bits per heavy atom. The number of aromatic nitrogens is 1. The number of likely N-dealkylation sites (N-methyl/N-ethyl adjacent to an activating group) is 1. The van der Waals surface area contributed by atoms with E-state index in [1.165, 1.54) is 35.7 Å². The SMILES string of the molecule is C[C@@H]1[C@@H](N(C)C)Cc2cccc3c(C4CC4)cn1c23. The molecule has 1 saturated carbocycles. The highest BCUT2D eigenvalue weighted by Crippen LogP contribution is 2.46. The van der Waals surface area contributed by atoms with Crippen molar-refractivity contribution in [3.05, 3.63) is 35.5 Å². The standard InChI is InChI=1S/C17H22N2/c1-11-16(18(2)3)9-13-5-4-6-14-15(12-7-8-12)10-19(11)17(13)14/h4-6,10-12,16H,7-9H2,1-3H3/t11-,16+/m1/s1. The van der Waals surface area contributed by atoms with Crippen LogP contribution in [0.5, 0.6) is 0 Å². The van der Waals surface area contributed by atoms with Gasteiger partial charge in [0.15, 0.2) is 0 Å². The fraction of sp³-hybridized carbons (Fsp3) is 0.529. The molecule has 2 aromatic rings. The summed E-state index contributed by atoms with van der Waals surface area (Å²) >= 11 is 0. The molecule has 0 bridgehead atoms. The molecule has 0 amide bonds. The molecule has 0 spiro atoms. The molecule has 4 rings (SSSR count). The Balaban J connectivity index is 1.95. The normalized spacial score (nSPS) is 26.3. The first-order valence-electron chi connectivity index (χ1n) is 7.45. The lowest BCUT2D eigenvalue weighted by molar-refractivity contribution is 0.216. The van der Waals surface area contributed by atoms with Gasteiger partial charge in [-0.3, -0.25) is 0 Å². The van der Waals surface area contributed by atoms with Gasteiger partial charge < -0.3 is 9.47 Å². The van der Waals surface area contributed by atoms with Gasteiger partial charge in [-0.25, -0.2) is 0 Å². The molecule has 0 unspecified atom stereocenters. The van der Waals surface area contributed by atoms with Gasteiger partial charge in [-0.05, 0) is 57.3 Å². The molecule has 2 atom stereocenters. The average molecular weight is 254 g/mol. The van der Waals surface area contributed by atoms with Crippen molar-refractivity contribution >= 4 is 10.9 Å². The highest BCUT2D eigenvalue weighted by molar-refractivity contribution is 5.88. The smallest absolute Gasteiger partial charge is 0.0519 e. The Kier molecular flexibility index (Phi) is 2.34. The number of nitrogens with zero attached hydrogens (tertiary/aromatic N) is 2. The summed E-state index contributed by atoms with van der Waals surface area (Å²) < 4.78 is 2.55. The maximum Gasteiger partial charge on any atom is 0.0519 e. The van der Waals surface area contributed by atoms with E-state index in [-0.39, 0.29) is 0 Å². The van der Waals surface area contributed by atoms with Gasteiger partial charge in [0.2, 0.25) is 0 Å². The Morgan fingerprint density at radius 2 is 2.00 bits per heavy atom. The first-order valence-corrected chi connectivity index (χ1v) is 7.45. The average Bonchev–Trinajstić information content (AvgIpc) is 3.15. The predicted octanol–water partition coefficient (Wildman–Crippen LogP) is 3.57. The monoisotopic (exact) mass is 254 g/mol. The molecule has 1 aliphatic heterocycles. The van der Waals surface area contributed by atoms with Crippen LogP contribution in [-0.4, -0.2) is 29.6 Å². The van der Waals surface area contributed by atoms with E-state index in [9.17, 15) is 0 Å². The molecule has 0 N–H and O–H groups in total. The molecule has 1 aromatic heterocycles. The van der Waals surface area contributed by atoms with E-state index in [4.69, 9.17) is 0 Å². The van der Waals surface area contributed by atoms with Crippen molar-refractivity contribution < 1.29 is 0 Å².